The number of hydrogen-bond acceptors (Lipinski definition) is 12. The Morgan fingerprint density at radius 1 is 0.746 bits per heavy atom. The van der Waals surface area contributed by atoms with E-state index in [4.69, 9.17) is 23.7 Å². The summed E-state index contributed by atoms with van der Waals surface area (Å²) in [4.78, 5) is 81.1. The van der Waals surface area contributed by atoms with Crippen LogP contribution < -0.4 is 11.2 Å². The number of non-ortho nitro benzene ring substituents is 1. The number of benzene rings is 4. The predicted molar refractivity (Wildman–Crippen MR) is 213 cm³/mol. The summed E-state index contributed by atoms with van der Waals surface area (Å²) in [6.45, 7) is 1.81. The lowest BCUT2D eigenvalue weighted by atomic mass is 10.0. The van der Waals surface area contributed by atoms with Crippen molar-refractivity contribution < 1.29 is 43.0 Å². The van der Waals surface area contributed by atoms with Gasteiger partial charge in [0.25, 0.3) is 11.2 Å². The number of carbonyl (C=O) groups excluding carboxylic acids is 3. The van der Waals surface area contributed by atoms with Crippen LogP contribution in [0.3, 0.4) is 0 Å². The molecule has 1 saturated heterocycles. The van der Waals surface area contributed by atoms with E-state index in [0.29, 0.717) is 12.0 Å². The Kier molecular flexibility index (Phi) is 14.3. The minimum atomic E-state index is -1.56. The molecule has 1 fully saturated rings. The Balaban J connectivity index is 1.41. The minimum Gasteiger partial charge on any atom is -0.459 e. The van der Waals surface area contributed by atoms with E-state index < -0.39 is 71.3 Å². The Morgan fingerprint density at radius 3 is 1.85 bits per heavy atom. The first-order chi connectivity index (χ1) is 28.6. The molecule has 0 spiro atoms. The maximum absolute atomic E-state index is 13.8. The predicted octanol–water partition coefficient (Wildman–Crippen LogP) is 6.73. The average Bonchev–Trinajstić information content (AvgIpc) is 3.59. The summed E-state index contributed by atoms with van der Waals surface area (Å²) in [6.07, 6.45) is -1.21. The van der Waals surface area contributed by atoms with E-state index in [-0.39, 0.29) is 34.5 Å². The summed E-state index contributed by atoms with van der Waals surface area (Å²) in [5.74, 6) is -2.38. The molecule has 1 N–H and O–H groups in total. The van der Waals surface area contributed by atoms with Gasteiger partial charge < -0.3 is 23.7 Å². The smallest absolute Gasteiger partial charge is 0.338 e. The van der Waals surface area contributed by atoms with Crippen LogP contribution in [0, 0.1) is 10.1 Å². The van der Waals surface area contributed by atoms with Gasteiger partial charge >= 0.3 is 23.6 Å². The number of H-pyrrole nitrogens is 1. The number of rotatable bonds is 18. The number of esters is 3. The summed E-state index contributed by atoms with van der Waals surface area (Å²) in [5, 5.41) is 11.5. The van der Waals surface area contributed by atoms with Crippen LogP contribution in [0.5, 0.6) is 0 Å². The van der Waals surface area contributed by atoms with Gasteiger partial charge in [-0.15, -0.1) is 0 Å². The Bertz CT molecular complexity index is 2320. The Morgan fingerprint density at radius 2 is 1.29 bits per heavy atom. The first-order valence-corrected chi connectivity index (χ1v) is 19.3. The van der Waals surface area contributed by atoms with Gasteiger partial charge in [0, 0.05) is 24.9 Å². The first-order valence-electron chi connectivity index (χ1n) is 19.3. The SMILES string of the molecule is CCCCCCCO[C@H](c1ccc([N+](=O)[O-])cc1)c1cn([C@@H]2O[C@H](COC(=O)c3ccccc3)[C@@H](OC(=O)c3ccccc3)[C@H]2OC(=O)c2ccccc2)c(=O)[nH]c1=O. The molecule has 15 nitrogen and oxygen atoms in total. The van der Waals surface area contributed by atoms with Crippen molar-refractivity contribution in [1.29, 1.82) is 0 Å². The second-order valence-corrected chi connectivity index (χ2v) is 13.8. The molecule has 1 aliphatic rings. The van der Waals surface area contributed by atoms with Gasteiger partial charge in [0.2, 0.25) is 0 Å². The molecular formula is C44H43N3O12. The number of nitrogens with zero attached hydrogens (tertiary/aromatic N) is 2. The van der Waals surface area contributed by atoms with Gasteiger partial charge in [-0.2, -0.15) is 0 Å². The van der Waals surface area contributed by atoms with Crippen LogP contribution in [0.25, 0.3) is 0 Å². The fourth-order valence-corrected chi connectivity index (χ4v) is 6.60. The molecule has 1 aromatic heterocycles. The van der Waals surface area contributed by atoms with Crippen molar-refractivity contribution >= 4 is 23.6 Å². The van der Waals surface area contributed by atoms with Crippen molar-refractivity contribution in [3.8, 4) is 0 Å². The molecule has 6 rings (SSSR count). The van der Waals surface area contributed by atoms with E-state index in [1.54, 1.807) is 66.7 Å². The van der Waals surface area contributed by atoms with Crippen molar-refractivity contribution in [1.82, 2.24) is 9.55 Å². The number of aromatic amines is 1. The molecule has 1 aliphatic heterocycles. The van der Waals surface area contributed by atoms with Crippen molar-refractivity contribution in [3.63, 3.8) is 0 Å². The van der Waals surface area contributed by atoms with Crippen molar-refractivity contribution in [2.75, 3.05) is 13.2 Å². The molecular weight excluding hydrogens is 762 g/mol. The second-order valence-electron chi connectivity index (χ2n) is 13.8. The second kappa shape index (κ2) is 20.1. The van der Waals surface area contributed by atoms with Crippen LogP contribution in [0.2, 0.25) is 0 Å². The van der Waals surface area contributed by atoms with Gasteiger partial charge in [0.1, 0.15) is 18.8 Å². The monoisotopic (exact) mass is 805 g/mol. The fraction of sp³-hybridized carbons (Fsp3) is 0.295. The molecule has 5 atom stereocenters. The number of carbonyl (C=O) groups is 3. The molecule has 59 heavy (non-hydrogen) atoms. The zero-order valence-corrected chi connectivity index (χ0v) is 32.2. The maximum atomic E-state index is 13.8. The van der Waals surface area contributed by atoms with Gasteiger partial charge in [-0.05, 0) is 60.5 Å². The van der Waals surface area contributed by atoms with Crippen LogP contribution in [0.1, 0.15) is 93.6 Å². The third-order valence-corrected chi connectivity index (χ3v) is 9.67. The highest BCUT2D eigenvalue weighted by molar-refractivity contribution is 5.91. The molecule has 0 saturated carbocycles. The van der Waals surface area contributed by atoms with Gasteiger partial charge in [0.05, 0.1) is 27.2 Å². The number of nitrogens with one attached hydrogen (secondary N) is 1. The lowest BCUT2D eigenvalue weighted by Crippen LogP contribution is -2.43. The summed E-state index contributed by atoms with van der Waals surface area (Å²) in [6, 6.07) is 29.6. The summed E-state index contributed by atoms with van der Waals surface area (Å²) in [7, 11) is 0. The van der Waals surface area contributed by atoms with Crippen LogP contribution in [-0.2, 0) is 23.7 Å². The van der Waals surface area contributed by atoms with Crippen LogP contribution in [-0.4, -0.2) is 63.9 Å². The maximum Gasteiger partial charge on any atom is 0.338 e. The molecule has 5 aromatic rings. The summed E-state index contributed by atoms with van der Waals surface area (Å²) >= 11 is 0. The number of aromatic nitrogens is 2. The van der Waals surface area contributed by atoms with Crippen molar-refractivity contribution in [2.24, 2.45) is 0 Å². The molecule has 0 radical (unpaired) electrons. The van der Waals surface area contributed by atoms with E-state index in [1.165, 1.54) is 54.7 Å². The van der Waals surface area contributed by atoms with Gasteiger partial charge in [-0.1, -0.05) is 87.2 Å². The molecule has 15 heteroatoms. The van der Waals surface area contributed by atoms with E-state index in [2.05, 4.69) is 11.9 Å². The Hall–Kier alpha value is -6.71. The third kappa shape index (κ3) is 10.6. The van der Waals surface area contributed by atoms with Crippen molar-refractivity contribution in [3.05, 3.63) is 180 Å². The van der Waals surface area contributed by atoms with Crippen LogP contribution in [0.15, 0.2) is 131 Å². The van der Waals surface area contributed by atoms with Crippen molar-refractivity contribution in [2.45, 2.75) is 69.7 Å². The number of nitro benzene ring substituents is 1. The molecule has 0 bridgehead atoms. The lowest BCUT2D eigenvalue weighted by molar-refractivity contribution is -0.384. The zero-order valence-electron chi connectivity index (χ0n) is 32.2. The third-order valence-electron chi connectivity index (χ3n) is 9.67. The Labute approximate surface area is 338 Å². The van der Waals surface area contributed by atoms with Gasteiger partial charge in [-0.3, -0.25) is 24.5 Å². The van der Waals surface area contributed by atoms with E-state index in [1.807, 2.05) is 0 Å². The first kappa shape index (κ1) is 41.9. The highest BCUT2D eigenvalue weighted by atomic mass is 16.7. The topological polar surface area (TPSA) is 195 Å². The largest absolute Gasteiger partial charge is 0.459 e. The normalized spacial score (nSPS) is 17.8. The van der Waals surface area contributed by atoms with E-state index >= 15 is 0 Å². The fourth-order valence-electron chi connectivity index (χ4n) is 6.60. The molecule has 4 aromatic carbocycles. The van der Waals surface area contributed by atoms with Gasteiger partial charge in [-0.25, -0.2) is 19.2 Å². The van der Waals surface area contributed by atoms with Gasteiger partial charge in [0.15, 0.2) is 18.4 Å². The highest BCUT2D eigenvalue weighted by Crippen LogP contribution is 2.36. The average molecular weight is 806 g/mol. The number of nitro groups is 1. The highest BCUT2D eigenvalue weighted by Gasteiger charge is 2.52. The zero-order chi connectivity index (χ0) is 41.7. The molecule has 306 valence electrons. The van der Waals surface area contributed by atoms with Crippen LogP contribution >= 0.6 is 0 Å². The van der Waals surface area contributed by atoms with E-state index in [0.717, 1.165) is 30.3 Å². The quantitative estimate of drug-likeness (QED) is 0.0323. The molecule has 0 aliphatic carbocycles. The number of hydrogen-bond donors (Lipinski definition) is 1. The summed E-state index contributed by atoms with van der Waals surface area (Å²) < 4.78 is 31.3. The number of unbranched alkanes of at least 4 members (excludes halogenated alkanes) is 4. The number of ether oxygens (including phenoxy) is 5. The standard InChI is InChI=1S/C44H43N3O12/c1-2-3-4-5-15-26-55-36(29-22-24-33(25-23-29)47(53)54)34-27-46(44(52)45-39(34)48)40-38(59-43(51)32-20-13-8-14-21-32)37(58-42(50)31-18-11-7-12-19-31)35(57-40)28-56-41(49)30-16-9-6-10-17-30/h6-14,16-25,27,35-38,40H,2-5,15,26,28H2,1H3,(H,45,48,52)/t35-,36-,37-,38-,40-/m1/s1. The van der Waals surface area contributed by atoms with Crippen LogP contribution in [0.4, 0.5) is 5.69 Å². The van der Waals surface area contributed by atoms with E-state index in [9.17, 15) is 34.1 Å². The minimum absolute atomic E-state index is 0.0690. The molecule has 0 unspecified atom stereocenters. The molecule has 0 amide bonds. The lowest BCUT2D eigenvalue weighted by Gasteiger charge is -2.26. The molecule has 2 heterocycles. The summed E-state index contributed by atoms with van der Waals surface area (Å²) in [5.41, 5.74) is -1.11.